The van der Waals surface area contributed by atoms with Gasteiger partial charge in [0.1, 0.15) is 5.75 Å². The molecule has 5 nitrogen and oxygen atoms in total. The molecule has 5 heteroatoms. The van der Waals surface area contributed by atoms with Crippen molar-refractivity contribution < 1.29 is 20.1 Å². The summed E-state index contributed by atoms with van der Waals surface area (Å²) in [6, 6.07) is 14.2. The van der Waals surface area contributed by atoms with E-state index in [1.54, 1.807) is 19.1 Å². The molecule has 2 aromatic carbocycles. The van der Waals surface area contributed by atoms with Crippen molar-refractivity contribution in [2.45, 2.75) is 37.8 Å². The van der Waals surface area contributed by atoms with Crippen LogP contribution in [0.25, 0.3) is 0 Å². The fraction of sp³-hybridized carbons (Fsp3) is 0.286. The van der Waals surface area contributed by atoms with Gasteiger partial charge in [0.25, 0.3) is 0 Å². The molecule has 26 heavy (non-hydrogen) atoms. The van der Waals surface area contributed by atoms with E-state index in [2.05, 4.69) is 11.8 Å². The van der Waals surface area contributed by atoms with E-state index >= 15 is 0 Å². The number of aliphatic hydroxyl groups is 1. The van der Waals surface area contributed by atoms with Gasteiger partial charge in [-0.1, -0.05) is 42.3 Å². The van der Waals surface area contributed by atoms with Gasteiger partial charge in [-0.25, -0.2) is 0 Å². The number of nitrogens with two attached hydrogens (primary N) is 1. The summed E-state index contributed by atoms with van der Waals surface area (Å²) >= 11 is 0. The van der Waals surface area contributed by atoms with Crippen LogP contribution in [0.3, 0.4) is 0 Å². The number of aliphatic carboxylic acids is 1. The molecule has 3 rings (SSSR count). The molecule has 0 bridgehead atoms. The Hall–Kier alpha value is -2.81. The van der Waals surface area contributed by atoms with Crippen LogP contribution in [0.15, 0.2) is 48.5 Å². The second-order valence-electron chi connectivity index (χ2n) is 6.13. The second kappa shape index (κ2) is 9.04. The third-order valence-electron chi connectivity index (χ3n) is 4.25. The normalized spacial score (nSPS) is 18.6. The van der Waals surface area contributed by atoms with Gasteiger partial charge in [-0.05, 0) is 35.7 Å². The van der Waals surface area contributed by atoms with Crippen molar-refractivity contribution in [3.8, 4) is 17.6 Å². The van der Waals surface area contributed by atoms with E-state index in [0.717, 1.165) is 11.1 Å². The molecule has 1 aliphatic rings. The molecule has 0 unspecified atom stereocenters. The zero-order valence-electron chi connectivity index (χ0n) is 14.6. The number of carbonyl (C=O) groups is 1. The van der Waals surface area contributed by atoms with Crippen LogP contribution >= 0.6 is 0 Å². The molecule has 0 fully saturated rings. The van der Waals surface area contributed by atoms with Gasteiger partial charge in [-0.3, -0.25) is 4.79 Å². The van der Waals surface area contributed by atoms with E-state index in [1.807, 2.05) is 24.3 Å². The highest BCUT2D eigenvalue weighted by Crippen LogP contribution is 2.28. The molecule has 0 saturated heterocycles. The lowest BCUT2D eigenvalue weighted by atomic mass is 9.96. The fourth-order valence-electron chi connectivity index (χ4n) is 2.91. The Morgan fingerprint density at radius 3 is 2.46 bits per heavy atom. The molecule has 0 saturated carbocycles. The molecule has 3 atom stereocenters. The van der Waals surface area contributed by atoms with Gasteiger partial charge < -0.3 is 21.1 Å². The lowest BCUT2D eigenvalue weighted by Crippen LogP contribution is -2.21. The van der Waals surface area contributed by atoms with Gasteiger partial charge >= 0.3 is 5.97 Å². The molecule has 5 N–H and O–H groups in total. The minimum atomic E-state index is -0.879. The standard InChI is InChI=1S/C12H12O3.C9H11NO/c1-2-3-10(8-12(14)15)9-4-6-11(13)7-5-9;10-9-7-4-2-1-3-6(7)5-8(9)11/h4-7,10,13H,8H2,1H3,(H,14,15);1-4,8-9,11H,5,10H2/t10-;8-,9+/m01/s1. The first-order valence-electron chi connectivity index (χ1n) is 8.36. The smallest absolute Gasteiger partial charge is 0.304 e. The predicted molar refractivity (Wildman–Crippen MR) is 99.6 cm³/mol. The van der Waals surface area contributed by atoms with Crippen LogP contribution in [-0.4, -0.2) is 27.4 Å². The molecule has 136 valence electrons. The summed E-state index contributed by atoms with van der Waals surface area (Å²) in [5.74, 6) is 4.52. The second-order valence-corrected chi connectivity index (χ2v) is 6.13. The first-order valence-corrected chi connectivity index (χ1v) is 8.36. The third-order valence-corrected chi connectivity index (χ3v) is 4.25. The van der Waals surface area contributed by atoms with Crippen LogP contribution in [0.2, 0.25) is 0 Å². The quantitative estimate of drug-likeness (QED) is 0.635. The predicted octanol–water partition coefficient (Wildman–Crippen LogP) is 2.58. The Morgan fingerprint density at radius 2 is 1.88 bits per heavy atom. The molecular formula is C21H23NO4. The van der Waals surface area contributed by atoms with Gasteiger partial charge in [0, 0.05) is 6.42 Å². The number of hydrogen-bond donors (Lipinski definition) is 4. The number of fused-ring (bicyclic) bond motifs is 1. The summed E-state index contributed by atoms with van der Waals surface area (Å²) in [4.78, 5) is 10.6. The number of carboxylic acids is 1. The lowest BCUT2D eigenvalue weighted by molar-refractivity contribution is -0.137. The number of aliphatic hydroxyl groups excluding tert-OH is 1. The van der Waals surface area contributed by atoms with Crippen molar-refractivity contribution >= 4 is 5.97 Å². The molecule has 0 aromatic heterocycles. The van der Waals surface area contributed by atoms with E-state index in [0.29, 0.717) is 6.42 Å². The minimum Gasteiger partial charge on any atom is -0.508 e. The highest BCUT2D eigenvalue weighted by Gasteiger charge is 2.26. The van der Waals surface area contributed by atoms with Crippen LogP contribution in [0, 0.1) is 11.8 Å². The summed E-state index contributed by atoms with van der Waals surface area (Å²) in [5, 5.41) is 27.2. The van der Waals surface area contributed by atoms with Crippen LogP contribution in [-0.2, 0) is 11.2 Å². The van der Waals surface area contributed by atoms with Crippen molar-refractivity contribution in [3.05, 3.63) is 65.2 Å². The van der Waals surface area contributed by atoms with Crippen LogP contribution in [0.1, 0.15) is 42.0 Å². The Balaban J connectivity index is 0.000000195. The molecule has 2 aromatic rings. The number of rotatable bonds is 3. The number of benzene rings is 2. The fourth-order valence-corrected chi connectivity index (χ4v) is 2.91. The van der Waals surface area contributed by atoms with Crippen LogP contribution in [0.4, 0.5) is 0 Å². The van der Waals surface area contributed by atoms with Gasteiger partial charge in [-0.2, -0.15) is 0 Å². The zero-order chi connectivity index (χ0) is 19.1. The maximum Gasteiger partial charge on any atom is 0.304 e. The van der Waals surface area contributed by atoms with E-state index in [9.17, 15) is 9.90 Å². The Kier molecular flexibility index (Phi) is 6.79. The molecule has 0 heterocycles. The van der Waals surface area contributed by atoms with Gasteiger partial charge in [-0.15, -0.1) is 5.92 Å². The average molecular weight is 353 g/mol. The summed E-state index contributed by atoms with van der Waals surface area (Å²) in [5.41, 5.74) is 8.83. The van der Waals surface area contributed by atoms with Crippen molar-refractivity contribution in [1.82, 2.24) is 0 Å². The maximum absolute atomic E-state index is 10.6. The molecule has 0 amide bonds. The van der Waals surface area contributed by atoms with Gasteiger partial charge in [0.2, 0.25) is 0 Å². The number of phenolic OH excluding ortho intramolecular Hbond substituents is 1. The van der Waals surface area contributed by atoms with Crippen LogP contribution < -0.4 is 5.73 Å². The Bertz CT molecular complexity index is 805. The average Bonchev–Trinajstić information content (AvgIpc) is 2.90. The molecule has 0 radical (unpaired) electrons. The largest absolute Gasteiger partial charge is 0.508 e. The van der Waals surface area contributed by atoms with Gasteiger partial charge in [0.15, 0.2) is 0 Å². The Labute approximate surface area is 153 Å². The topological polar surface area (TPSA) is 104 Å². The van der Waals surface area contributed by atoms with Crippen molar-refractivity contribution in [3.63, 3.8) is 0 Å². The summed E-state index contributed by atoms with van der Waals surface area (Å²) in [6.45, 7) is 1.68. The first kappa shape index (κ1) is 19.5. The molecular weight excluding hydrogens is 330 g/mol. The maximum atomic E-state index is 10.6. The number of phenols is 1. The van der Waals surface area contributed by atoms with Crippen LogP contribution in [0.5, 0.6) is 5.75 Å². The van der Waals surface area contributed by atoms with Crippen molar-refractivity contribution in [1.29, 1.82) is 0 Å². The van der Waals surface area contributed by atoms with Gasteiger partial charge in [0.05, 0.1) is 24.5 Å². The molecule has 1 aliphatic carbocycles. The minimum absolute atomic E-state index is 0.0222. The number of carboxylic acid groups (broad SMARTS) is 1. The lowest BCUT2D eigenvalue weighted by Gasteiger charge is -2.08. The SMILES string of the molecule is CC#C[C@@H](CC(=O)O)c1ccc(O)cc1.N[C@H]1c2ccccc2C[C@H]1O. The van der Waals surface area contributed by atoms with Crippen molar-refractivity contribution in [2.75, 3.05) is 0 Å². The van der Waals surface area contributed by atoms with E-state index < -0.39 is 5.97 Å². The summed E-state index contributed by atoms with van der Waals surface area (Å²) in [7, 11) is 0. The molecule has 0 spiro atoms. The number of aromatic hydroxyl groups is 1. The summed E-state index contributed by atoms with van der Waals surface area (Å²) in [6.07, 6.45) is 0.301. The monoisotopic (exact) mass is 353 g/mol. The molecule has 0 aliphatic heterocycles. The zero-order valence-corrected chi connectivity index (χ0v) is 14.6. The summed E-state index contributed by atoms with van der Waals surface area (Å²) < 4.78 is 0. The third kappa shape index (κ3) is 5.09. The highest BCUT2D eigenvalue weighted by molar-refractivity contribution is 5.69. The van der Waals surface area contributed by atoms with E-state index in [1.165, 1.54) is 17.7 Å². The van der Waals surface area contributed by atoms with Crippen molar-refractivity contribution in [2.24, 2.45) is 5.73 Å². The first-order chi connectivity index (χ1) is 12.4. The number of hydrogen-bond acceptors (Lipinski definition) is 4. The Morgan fingerprint density at radius 1 is 1.23 bits per heavy atom. The van der Waals surface area contributed by atoms with E-state index in [-0.39, 0.29) is 30.2 Å². The van der Waals surface area contributed by atoms with E-state index in [4.69, 9.17) is 15.9 Å². The highest BCUT2D eigenvalue weighted by atomic mass is 16.4.